The van der Waals surface area contributed by atoms with Gasteiger partial charge in [0.05, 0.1) is 12.5 Å². The number of hydrogen-bond acceptors (Lipinski definition) is 3. The van der Waals surface area contributed by atoms with Crippen molar-refractivity contribution in [3.63, 3.8) is 0 Å². The number of ether oxygens (including phenoxy) is 1. The van der Waals surface area contributed by atoms with E-state index in [1.807, 2.05) is 6.92 Å². The van der Waals surface area contributed by atoms with Crippen LogP contribution in [0.25, 0.3) is 0 Å². The van der Waals surface area contributed by atoms with Crippen molar-refractivity contribution >= 4 is 14.3 Å². The Hall–Kier alpha value is -0.353. The molecule has 2 atom stereocenters. The van der Waals surface area contributed by atoms with Gasteiger partial charge in [0.2, 0.25) is 0 Å². The smallest absolute Gasteiger partial charge is 0.308 e. The zero-order chi connectivity index (χ0) is 16.1. The molecule has 1 saturated heterocycles. The third-order valence-electron chi connectivity index (χ3n) is 5.14. The minimum Gasteiger partial charge on any atom is -0.465 e. The summed E-state index contributed by atoms with van der Waals surface area (Å²) in [5, 5.41) is 0.293. The second-order valence-corrected chi connectivity index (χ2v) is 12.9. The molecule has 0 aromatic rings. The van der Waals surface area contributed by atoms with Crippen LogP contribution in [0.15, 0.2) is 0 Å². The van der Waals surface area contributed by atoms with Crippen LogP contribution in [0.4, 0.5) is 0 Å². The molecule has 0 aliphatic carbocycles. The third-order valence-corrected chi connectivity index (χ3v) is 9.67. The van der Waals surface area contributed by atoms with Crippen LogP contribution in [0.1, 0.15) is 59.8 Å². The van der Waals surface area contributed by atoms with Crippen LogP contribution >= 0.6 is 0 Å². The summed E-state index contributed by atoms with van der Waals surface area (Å²) in [6.07, 6.45) is 5.54. The van der Waals surface area contributed by atoms with Crippen molar-refractivity contribution < 1.29 is 14.0 Å². The Kier molecular flexibility index (Phi) is 6.92. The molecule has 0 bridgehead atoms. The predicted octanol–water partition coefficient (Wildman–Crippen LogP) is 4.77. The molecule has 1 aliphatic rings. The van der Waals surface area contributed by atoms with Gasteiger partial charge in [-0.3, -0.25) is 4.79 Å². The van der Waals surface area contributed by atoms with Crippen LogP contribution in [-0.2, 0) is 14.0 Å². The van der Waals surface area contributed by atoms with E-state index in [1.165, 1.54) is 12.8 Å². The van der Waals surface area contributed by atoms with Gasteiger partial charge in [-0.05, 0) is 43.3 Å². The van der Waals surface area contributed by atoms with Crippen LogP contribution in [0, 0.1) is 11.8 Å². The number of carbonyl (C=O) groups is 1. The molecule has 124 valence electrons. The van der Waals surface area contributed by atoms with Gasteiger partial charge in [-0.2, -0.15) is 0 Å². The highest BCUT2D eigenvalue weighted by Crippen LogP contribution is 2.36. The molecule has 0 amide bonds. The lowest BCUT2D eigenvalue weighted by atomic mass is 9.90. The van der Waals surface area contributed by atoms with Gasteiger partial charge in [0.25, 0.3) is 0 Å². The average molecular weight is 315 g/mol. The highest BCUT2D eigenvalue weighted by molar-refractivity contribution is 6.74. The molecule has 1 fully saturated rings. The average Bonchev–Trinajstić information content (AvgIpc) is 2.50. The highest BCUT2D eigenvalue weighted by Gasteiger charge is 2.36. The molecule has 1 rings (SSSR count). The molecule has 0 aromatic heterocycles. The van der Waals surface area contributed by atoms with Crippen molar-refractivity contribution in [2.45, 2.75) is 77.9 Å². The molecule has 21 heavy (non-hydrogen) atoms. The molecule has 1 heterocycles. The van der Waals surface area contributed by atoms with Crippen molar-refractivity contribution in [2.75, 3.05) is 13.2 Å². The minimum absolute atomic E-state index is 0.0150. The molecule has 0 N–H and O–H groups in total. The summed E-state index contributed by atoms with van der Waals surface area (Å²) in [4.78, 5) is 11.5. The predicted molar refractivity (Wildman–Crippen MR) is 89.8 cm³/mol. The summed E-state index contributed by atoms with van der Waals surface area (Å²) in [6.45, 7) is 14.9. The highest BCUT2D eigenvalue weighted by atomic mass is 28.4. The SMILES string of the molecule is C[C@H]1C[C@@H](CCCCO[Si](C)(C)C(C)(C)C)CCOC1=O. The summed E-state index contributed by atoms with van der Waals surface area (Å²) in [5.41, 5.74) is 0. The summed E-state index contributed by atoms with van der Waals surface area (Å²) in [6, 6.07) is 0. The molecule has 0 saturated carbocycles. The third kappa shape index (κ3) is 6.11. The molecule has 0 unspecified atom stereocenters. The molecule has 0 aromatic carbocycles. The molecule has 1 aliphatic heterocycles. The number of unbranched alkanes of at least 4 members (excludes halogenated alkanes) is 1. The van der Waals surface area contributed by atoms with Crippen LogP contribution in [0.5, 0.6) is 0 Å². The second-order valence-electron chi connectivity index (χ2n) is 8.06. The molecular weight excluding hydrogens is 280 g/mol. The van der Waals surface area contributed by atoms with Crippen LogP contribution in [0.3, 0.4) is 0 Å². The van der Waals surface area contributed by atoms with Crippen molar-refractivity contribution in [1.82, 2.24) is 0 Å². The summed E-state index contributed by atoms with van der Waals surface area (Å²) in [7, 11) is -1.59. The number of esters is 1. The molecule has 4 heteroatoms. The first-order valence-corrected chi connectivity index (χ1v) is 11.3. The Morgan fingerprint density at radius 2 is 1.95 bits per heavy atom. The fourth-order valence-electron chi connectivity index (χ4n) is 2.52. The first-order chi connectivity index (χ1) is 9.63. The fourth-order valence-corrected chi connectivity index (χ4v) is 3.61. The maximum Gasteiger partial charge on any atom is 0.308 e. The largest absolute Gasteiger partial charge is 0.465 e. The number of rotatable bonds is 6. The normalized spacial score (nSPS) is 24.6. The lowest BCUT2D eigenvalue weighted by Crippen LogP contribution is -2.40. The topological polar surface area (TPSA) is 35.5 Å². The Bertz CT molecular complexity index is 333. The van der Waals surface area contributed by atoms with E-state index in [9.17, 15) is 4.79 Å². The quantitative estimate of drug-likeness (QED) is 0.402. The van der Waals surface area contributed by atoms with E-state index in [-0.39, 0.29) is 11.9 Å². The number of hydrogen-bond donors (Lipinski definition) is 0. The Morgan fingerprint density at radius 3 is 2.57 bits per heavy atom. The van der Waals surface area contributed by atoms with Gasteiger partial charge in [0.15, 0.2) is 8.32 Å². The lowest BCUT2D eigenvalue weighted by Gasteiger charge is -2.36. The van der Waals surface area contributed by atoms with Crippen molar-refractivity contribution in [2.24, 2.45) is 11.8 Å². The maximum atomic E-state index is 11.5. The second kappa shape index (κ2) is 7.77. The van der Waals surface area contributed by atoms with Crippen molar-refractivity contribution in [1.29, 1.82) is 0 Å². The summed E-state index contributed by atoms with van der Waals surface area (Å²) < 4.78 is 11.4. The maximum absolute atomic E-state index is 11.5. The van der Waals surface area contributed by atoms with E-state index in [4.69, 9.17) is 9.16 Å². The van der Waals surface area contributed by atoms with Gasteiger partial charge < -0.3 is 9.16 Å². The van der Waals surface area contributed by atoms with Crippen LogP contribution in [0.2, 0.25) is 18.1 Å². The van der Waals surface area contributed by atoms with E-state index in [1.54, 1.807) is 0 Å². The zero-order valence-electron chi connectivity index (χ0n) is 14.8. The molecule has 0 radical (unpaired) electrons. The van der Waals surface area contributed by atoms with Gasteiger partial charge in [0.1, 0.15) is 0 Å². The van der Waals surface area contributed by atoms with Crippen molar-refractivity contribution in [3.05, 3.63) is 0 Å². The number of carbonyl (C=O) groups excluding carboxylic acids is 1. The summed E-state index contributed by atoms with van der Waals surface area (Å²) >= 11 is 0. The van der Waals surface area contributed by atoms with Crippen molar-refractivity contribution in [3.8, 4) is 0 Å². The van der Waals surface area contributed by atoms with E-state index in [0.717, 1.165) is 25.9 Å². The van der Waals surface area contributed by atoms with E-state index in [2.05, 4.69) is 33.9 Å². The molecule has 0 spiro atoms. The monoisotopic (exact) mass is 314 g/mol. The standard InChI is InChI=1S/C17H34O3Si/c1-14-13-15(10-12-19-16(14)18)9-7-8-11-20-21(5,6)17(2,3)4/h14-15H,7-13H2,1-6H3/t14-,15-/m0/s1. The van der Waals surface area contributed by atoms with Crippen LogP contribution in [-0.4, -0.2) is 27.5 Å². The molecule has 3 nitrogen and oxygen atoms in total. The Morgan fingerprint density at radius 1 is 1.29 bits per heavy atom. The van der Waals surface area contributed by atoms with E-state index < -0.39 is 8.32 Å². The zero-order valence-corrected chi connectivity index (χ0v) is 15.8. The molecular formula is C17H34O3Si. The van der Waals surface area contributed by atoms with E-state index >= 15 is 0 Å². The van der Waals surface area contributed by atoms with Gasteiger partial charge >= 0.3 is 5.97 Å². The van der Waals surface area contributed by atoms with Gasteiger partial charge in [-0.25, -0.2) is 0 Å². The minimum atomic E-state index is -1.59. The first kappa shape index (κ1) is 18.7. The van der Waals surface area contributed by atoms with Crippen LogP contribution < -0.4 is 0 Å². The first-order valence-electron chi connectivity index (χ1n) is 8.44. The fraction of sp³-hybridized carbons (Fsp3) is 0.941. The van der Waals surface area contributed by atoms with E-state index in [0.29, 0.717) is 17.6 Å². The number of cyclic esters (lactones) is 1. The summed E-state index contributed by atoms with van der Waals surface area (Å²) in [5.74, 6) is 0.694. The van der Waals surface area contributed by atoms with Gasteiger partial charge in [0, 0.05) is 6.61 Å². The lowest BCUT2D eigenvalue weighted by molar-refractivity contribution is -0.146. The Labute approximate surface area is 131 Å². The van der Waals surface area contributed by atoms with Gasteiger partial charge in [-0.15, -0.1) is 0 Å². The van der Waals surface area contributed by atoms with Gasteiger partial charge in [-0.1, -0.05) is 40.5 Å². The Balaban J connectivity index is 2.21.